The molecule has 14 heavy (non-hydrogen) atoms. The summed E-state index contributed by atoms with van der Waals surface area (Å²) in [6.45, 7) is 1.91. The van der Waals surface area contributed by atoms with Crippen molar-refractivity contribution in [3.63, 3.8) is 0 Å². The van der Waals surface area contributed by atoms with Gasteiger partial charge in [-0.2, -0.15) is 0 Å². The van der Waals surface area contributed by atoms with Crippen LogP contribution in [0.25, 0.3) is 0 Å². The van der Waals surface area contributed by atoms with Crippen LogP contribution < -0.4 is 11.1 Å². The van der Waals surface area contributed by atoms with E-state index in [0.29, 0.717) is 16.8 Å². The van der Waals surface area contributed by atoms with Crippen molar-refractivity contribution in [3.05, 3.63) is 16.8 Å². The lowest BCUT2D eigenvalue weighted by Crippen LogP contribution is -2.28. The highest BCUT2D eigenvalue weighted by Crippen LogP contribution is 2.29. The van der Waals surface area contributed by atoms with Gasteiger partial charge < -0.3 is 11.1 Å². The van der Waals surface area contributed by atoms with Crippen LogP contribution in [0.5, 0.6) is 0 Å². The summed E-state index contributed by atoms with van der Waals surface area (Å²) in [4.78, 5) is 4.19. The lowest BCUT2D eigenvalue weighted by Gasteiger charge is -2.27. The van der Waals surface area contributed by atoms with Gasteiger partial charge in [0.05, 0.1) is 10.7 Å². The number of anilines is 2. The molecule has 0 spiro atoms. The topological polar surface area (TPSA) is 50.9 Å². The zero-order chi connectivity index (χ0) is 10.1. The van der Waals surface area contributed by atoms with E-state index in [-0.39, 0.29) is 0 Å². The maximum atomic E-state index is 5.90. The van der Waals surface area contributed by atoms with E-state index in [1.165, 1.54) is 19.3 Å². The van der Waals surface area contributed by atoms with Crippen LogP contribution in [-0.2, 0) is 0 Å². The molecule has 4 heteroatoms. The van der Waals surface area contributed by atoms with Gasteiger partial charge in [0.25, 0.3) is 0 Å². The Balaban J connectivity index is 2.20. The normalized spacial score (nSPS) is 16.4. The third-order valence-corrected chi connectivity index (χ3v) is 3.15. The summed E-state index contributed by atoms with van der Waals surface area (Å²) in [6, 6.07) is 0.547. The number of nitrogens with one attached hydrogen (secondary N) is 1. The molecule has 0 saturated heterocycles. The van der Waals surface area contributed by atoms with E-state index in [9.17, 15) is 0 Å². The molecule has 3 N–H and O–H groups in total. The highest BCUT2D eigenvalue weighted by atomic mass is 35.5. The molecule has 3 nitrogen and oxygen atoms in total. The van der Waals surface area contributed by atoms with Crippen molar-refractivity contribution in [1.29, 1.82) is 0 Å². The van der Waals surface area contributed by atoms with Crippen molar-refractivity contribution >= 4 is 23.1 Å². The van der Waals surface area contributed by atoms with Gasteiger partial charge in [-0.05, 0) is 31.7 Å². The minimum Gasteiger partial charge on any atom is -0.395 e. The first-order chi connectivity index (χ1) is 6.68. The van der Waals surface area contributed by atoms with Crippen molar-refractivity contribution < 1.29 is 0 Å². The highest BCUT2D eigenvalue weighted by Gasteiger charge is 2.19. The Bertz CT molecular complexity index is 347. The molecule has 1 aromatic heterocycles. The summed E-state index contributed by atoms with van der Waals surface area (Å²) in [6.07, 6.45) is 5.37. The van der Waals surface area contributed by atoms with Crippen molar-refractivity contribution in [2.45, 2.75) is 32.2 Å². The Morgan fingerprint density at radius 1 is 1.57 bits per heavy atom. The molecule has 2 rings (SSSR count). The molecule has 1 heterocycles. The van der Waals surface area contributed by atoms with Gasteiger partial charge in [-0.3, -0.25) is 0 Å². The fraction of sp³-hybridized carbons (Fsp3) is 0.500. The second-order valence-corrected chi connectivity index (χ2v) is 4.17. The van der Waals surface area contributed by atoms with Crippen LogP contribution in [0, 0.1) is 6.92 Å². The molecule has 0 amide bonds. The monoisotopic (exact) mass is 211 g/mol. The van der Waals surface area contributed by atoms with Crippen LogP contribution in [0.1, 0.15) is 24.8 Å². The molecule has 0 aromatic carbocycles. The largest absolute Gasteiger partial charge is 0.395 e. The molecule has 0 bridgehead atoms. The molecule has 0 unspecified atom stereocenters. The fourth-order valence-corrected chi connectivity index (χ4v) is 1.61. The van der Waals surface area contributed by atoms with Crippen LogP contribution in [0.4, 0.5) is 11.5 Å². The van der Waals surface area contributed by atoms with Gasteiger partial charge in [-0.25, -0.2) is 4.98 Å². The van der Waals surface area contributed by atoms with Gasteiger partial charge in [-0.15, -0.1) is 0 Å². The standard InChI is InChI=1S/C10H14ClN3/c1-6-8(11)5-13-10(9(6)12)14-7-3-2-4-7/h5,7H,2-4,12H2,1H3,(H,13,14). The molecule has 0 atom stereocenters. The molecule has 0 aliphatic heterocycles. The molecule has 1 aliphatic carbocycles. The maximum absolute atomic E-state index is 5.90. The van der Waals surface area contributed by atoms with Gasteiger partial charge in [0.2, 0.25) is 0 Å². The SMILES string of the molecule is Cc1c(Cl)cnc(NC2CCC2)c1N. The third-order valence-electron chi connectivity index (χ3n) is 2.77. The molecular formula is C10H14ClN3. The number of hydrogen-bond acceptors (Lipinski definition) is 3. The van der Waals surface area contributed by atoms with E-state index >= 15 is 0 Å². The first kappa shape index (κ1) is 9.59. The quantitative estimate of drug-likeness (QED) is 0.791. The van der Waals surface area contributed by atoms with Gasteiger partial charge in [0, 0.05) is 12.2 Å². The summed E-state index contributed by atoms with van der Waals surface area (Å²) >= 11 is 5.90. The molecule has 1 saturated carbocycles. The van der Waals surface area contributed by atoms with E-state index in [2.05, 4.69) is 10.3 Å². The summed E-state index contributed by atoms with van der Waals surface area (Å²) in [5, 5.41) is 3.95. The van der Waals surface area contributed by atoms with E-state index < -0.39 is 0 Å². The van der Waals surface area contributed by atoms with E-state index in [0.717, 1.165) is 11.4 Å². The van der Waals surface area contributed by atoms with Crippen molar-refractivity contribution in [1.82, 2.24) is 4.98 Å². The summed E-state index contributed by atoms with van der Waals surface area (Å²) in [5.74, 6) is 0.775. The average molecular weight is 212 g/mol. The molecule has 1 aliphatic rings. The van der Waals surface area contributed by atoms with Gasteiger partial charge >= 0.3 is 0 Å². The lowest BCUT2D eigenvalue weighted by molar-refractivity contribution is 0.444. The predicted molar refractivity (Wildman–Crippen MR) is 59.7 cm³/mol. The number of rotatable bonds is 2. The number of nitrogens with two attached hydrogens (primary N) is 1. The fourth-order valence-electron chi connectivity index (χ4n) is 1.45. The molecule has 0 radical (unpaired) electrons. The second-order valence-electron chi connectivity index (χ2n) is 3.77. The number of pyridine rings is 1. The predicted octanol–water partition coefficient (Wildman–Crippen LogP) is 2.59. The number of aromatic nitrogens is 1. The zero-order valence-electron chi connectivity index (χ0n) is 8.18. The van der Waals surface area contributed by atoms with Gasteiger partial charge in [0.1, 0.15) is 5.82 Å². The average Bonchev–Trinajstić information content (AvgIpc) is 2.10. The number of halogens is 1. The Labute approximate surface area is 88.7 Å². The van der Waals surface area contributed by atoms with Gasteiger partial charge in [0.15, 0.2) is 0 Å². The Hall–Kier alpha value is -0.960. The van der Waals surface area contributed by atoms with Crippen molar-refractivity contribution in [2.75, 3.05) is 11.1 Å². The Kier molecular flexibility index (Phi) is 2.50. The van der Waals surface area contributed by atoms with E-state index in [4.69, 9.17) is 17.3 Å². The van der Waals surface area contributed by atoms with Crippen LogP contribution >= 0.6 is 11.6 Å². The summed E-state index contributed by atoms with van der Waals surface area (Å²) in [5.41, 5.74) is 7.48. The number of nitrogen functional groups attached to an aromatic ring is 1. The lowest BCUT2D eigenvalue weighted by atomic mass is 9.93. The Morgan fingerprint density at radius 3 is 2.86 bits per heavy atom. The molecule has 76 valence electrons. The minimum atomic E-state index is 0.547. The maximum Gasteiger partial charge on any atom is 0.149 e. The van der Waals surface area contributed by atoms with Crippen molar-refractivity contribution in [2.24, 2.45) is 0 Å². The van der Waals surface area contributed by atoms with Gasteiger partial charge in [-0.1, -0.05) is 11.6 Å². The van der Waals surface area contributed by atoms with Crippen LogP contribution in [0.15, 0.2) is 6.20 Å². The zero-order valence-corrected chi connectivity index (χ0v) is 8.93. The van der Waals surface area contributed by atoms with Crippen LogP contribution in [0.2, 0.25) is 5.02 Å². The molecular weight excluding hydrogens is 198 g/mol. The van der Waals surface area contributed by atoms with Crippen LogP contribution in [-0.4, -0.2) is 11.0 Å². The second kappa shape index (κ2) is 3.65. The highest BCUT2D eigenvalue weighted by molar-refractivity contribution is 6.31. The van der Waals surface area contributed by atoms with Crippen molar-refractivity contribution in [3.8, 4) is 0 Å². The number of hydrogen-bond donors (Lipinski definition) is 2. The molecule has 1 fully saturated rings. The van der Waals surface area contributed by atoms with E-state index in [1.807, 2.05) is 6.92 Å². The number of nitrogens with zero attached hydrogens (tertiary/aromatic N) is 1. The first-order valence-corrected chi connectivity index (χ1v) is 5.23. The van der Waals surface area contributed by atoms with E-state index in [1.54, 1.807) is 6.20 Å². The minimum absolute atomic E-state index is 0.547. The third kappa shape index (κ3) is 1.64. The van der Waals surface area contributed by atoms with Crippen LogP contribution in [0.3, 0.4) is 0 Å². The summed E-state index contributed by atoms with van der Waals surface area (Å²) < 4.78 is 0. The molecule has 1 aromatic rings. The first-order valence-electron chi connectivity index (χ1n) is 4.85. The Morgan fingerprint density at radius 2 is 2.29 bits per heavy atom. The summed E-state index contributed by atoms with van der Waals surface area (Å²) in [7, 11) is 0. The smallest absolute Gasteiger partial charge is 0.149 e.